The van der Waals surface area contributed by atoms with Gasteiger partial charge in [-0.2, -0.15) is 4.98 Å². The molecule has 2 aliphatic rings. The van der Waals surface area contributed by atoms with E-state index in [0.717, 1.165) is 77.5 Å². The van der Waals surface area contributed by atoms with Crippen LogP contribution in [0.1, 0.15) is 43.7 Å². The Kier molecular flexibility index (Phi) is 14.9. The number of piperazine rings is 1. The molecule has 15 heteroatoms. The van der Waals surface area contributed by atoms with E-state index in [-0.39, 0.29) is 42.7 Å². The fraction of sp³-hybridized carbons (Fsp3) is 0.541. The van der Waals surface area contributed by atoms with Gasteiger partial charge in [-0.3, -0.25) is 24.2 Å². The lowest BCUT2D eigenvalue weighted by Gasteiger charge is -2.35. The Bertz CT molecular complexity index is 1660. The number of imide groups is 1. The van der Waals surface area contributed by atoms with Crippen LogP contribution in [0.3, 0.4) is 0 Å². The zero-order valence-electron chi connectivity index (χ0n) is 30.3. The van der Waals surface area contributed by atoms with Gasteiger partial charge in [-0.1, -0.05) is 31.9 Å². The van der Waals surface area contributed by atoms with E-state index in [2.05, 4.69) is 55.2 Å². The van der Waals surface area contributed by atoms with Gasteiger partial charge < -0.3 is 39.9 Å². The van der Waals surface area contributed by atoms with Crippen LogP contribution in [0, 0.1) is 0 Å². The zero-order valence-corrected chi connectivity index (χ0v) is 30.3. The molecule has 2 aliphatic heterocycles. The third kappa shape index (κ3) is 10.8. The van der Waals surface area contributed by atoms with Gasteiger partial charge in [0, 0.05) is 63.1 Å². The summed E-state index contributed by atoms with van der Waals surface area (Å²) in [6, 6.07) is 7.96. The Morgan fingerprint density at radius 2 is 1.73 bits per heavy atom. The number of nitrogens with zero attached hydrogens (tertiary/aromatic N) is 5. The zero-order chi connectivity index (χ0) is 36.7. The topological polar surface area (TPSA) is 175 Å². The van der Waals surface area contributed by atoms with Crippen molar-refractivity contribution in [1.82, 2.24) is 29.7 Å². The Balaban J connectivity index is 1.05. The fourth-order valence-electron chi connectivity index (χ4n) is 6.34. The summed E-state index contributed by atoms with van der Waals surface area (Å²) in [4.78, 5) is 48.6. The minimum atomic E-state index is -0.319. The van der Waals surface area contributed by atoms with Crippen molar-refractivity contribution in [2.24, 2.45) is 0 Å². The van der Waals surface area contributed by atoms with Crippen molar-refractivity contribution in [2.75, 3.05) is 90.5 Å². The van der Waals surface area contributed by atoms with Crippen LogP contribution in [-0.2, 0) is 41.7 Å². The number of benzene rings is 1. The quantitative estimate of drug-likeness (QED) is 0.0963. The molecule has 1 atom stereocenters. The maximum absolute atomic E-state index is 13.3. The van der Waals surface area contributed by atoms with Crippen molar-refractivity contribution in [1.29, 1.82) is 0 Å². The summed E-state index contributed by atoms with van der Waals surface area (Å²) in [6.45, 7) is 8.58. The molecule has 0 saturated carbocycles. The highest BCUT2D eigenvalue weighted by Crippen LogP contribution is 2.28. The number of carbonyl (C=O) groups excluding carboxylic acids is 3. The average molecular weight is 721 g/mol. The van der Waals surface area contributed by atoms with E-state index in [1.807, 2.05) is 12.3 Å². The Hall–Kier alpha value is -4.41. The maximum Gasteiger partial charge on any atom is 0.253 e. The summed E-state index contributed by atoms with van der Waals surface area (Å²) in [7, 11) is 1.68. The smallest absolute Gasteiger partial charge is 0.253 e. The molecule has 52 heavy (non-hydrogen) atoms. The number of rotatable bonds is 23. The summed E-state index contributed by atoms with van der Waals surface area (Å²) in [6.07, 6.45) is 8.16. The number of amides is 2. The van der Waals surface area contributed by atoms with E-state index in [4.69, 9.17) is 24.7 Å². The molecule has 1 unspecified atom stereocenters. The number of nitrogen functional groups attached to an aromatic ring is 1. The first-order valence-corrected chi connectivity index (χ1v) is 18.1. The molecule has 4 N–H and O–H groups in total. The number of fused-ring (bicyclic) bond motifs is 1. The van der Waals surface area contributed by atoms with Gasteiger partial charge in [-0.05, 0) is 24.1 Å². The van der Waals surface area contributed by atoms with Gasteiger partial charge >= 0.3 is 0 Å². The minimum Gasteiger partial charge on any atom is -0.496 e. The molecule has 3 aromatic rings. The molecule has 2 amide bonds. The van der Waals surface area contributed by atoms with Crippen LogP contribution in [0.5, 0.6) is 5.75 Å². The van der Waals surface area contributed by atoms with Crippen molar-refractivity contribution in [3.63, 3.8) is 0 Å². The maximum atomic E-state index is 13.3. The number of Topliss-reactive ketones (excluding diaryl/α,β-unsaturated/α-hetero) is 1. The van der Waals surface area contributed by atoms with Crippen molar-refractivity contribution in [3.05, 3.63) is 53.7 Å². The number of methoxy groups -OCH3 is 1. The Labute approximate surface area is 304 Å². The number of nitrogens with one attached hydrogen (secondary N) is 2. The fourth-order valence-corrected chi connectivity index (χ4v) is 6.34. The standard InChI is InChI=1S/C37H52N8O7/c1-3-4-5-12-40-36-35-29(41-37(38)42-36)10-14-44(35)26-28-7-6-27(23-32(28)49-2)25-43-15-13-39-24-30(43)31(46)11-17-50-19-21-52-22-20-51-18-16-45-33(47)8-9-34(45)48/h6-10,14,23,30,39H,3-5,11-13,15-22,24-26H2,1-2H3,(H3,38,40,41,42). The van der Waals surface area contributed by atoms with Gasteiger partial charge in [0.15, 0.2) is 11.6 Å². The highest BCUT2D eigenvalue weighted by Gasteiger charge is 2.28. The van der Waals surface area contributed by atoms with Gasteiger partial charge in [0.25, 0.3) is 11.8 Å². The van der Waals surface area contributed by atoms with Gasteiger partial charge in [0.05, 0.1) is 71.4 Å². The number of carbonyl (C=O) groups is 3. The van der Waals surface area contributed by atoms with Crippen LogP contribution < -0.4 is 21.1 Å². The Morgan fingerprint density at radius 1 is 0.981 bits per heavy atom. The van der Waals surface area contributed by atoms with Gasteiger partial charge in [-0.15, -0.1) is 0 Å². The van der Waals surface area contributed by atoms with E-state index in [1.165, 1.54) is 12.2 Å². The highest BCUT2D eigenvalue weighted by atomic mass is 16.5. The van der Waals surface area contributed by atoms with E-state index in [9.17, 15) is 14.4 Å². The second-order valence-electron chi connectivity index (χ2n) is 12.8. The summed E-state index contributed by atoms with van der Waals surface area (Å²) in [5.74, 6) is 1.26. The summed E-state index contributed by atoms with van der Waals surface area (Å²) >= 11 is 0. The number of ketones is 1. The third-order valence-corrected chi connectivity index (χ3v) is 9.10. The molecule has 282 valence electrons. The molecular weight excluding hydrogens is 668 g/mol. The van der Waals surface area contributed by atoms with Crippen molar-refractivity contribution >= 4 is 40.4 Å². The molecule has 1 aromatic carbocycles. The number of unbranched alkanes of at least 4 members (excludes halogenated alkanes) is 2. The number of hydrogen-bond donors (Lipinski definition) is 3. The summed E-state index contributed by atoms with van der Waals surface area (Å²) < 4.78 is 24.6. The van der Waals surface area contributed by atoms with Crippen LogP contribution >= 0.6 is 0 Å². The number of anilines is 2. The summed E-state index contributed by atoms with van der Waals surface area (Å²) in [5.41, 5.74) is 9.80. The predicted octanol–water partition coefficient (Wildman–Crippen LogP) is 2.38. The number of ether oxygens (including phenoxy) is 4. The van der Waals surface area contributed by atoms with Gasteiger partial charge in [0.2, 0.25) is 5.95 Å². The third-order valence-electron chi connectivity index (χ3n) is 9.10. The van der Waals surface area contributed by atoms with Crippen LogP contribution in [0.15, 0.2) is 42.6 Å². The lowest BCUT2D eigenvalue weighted by Crippen LogP contribution is -2.54. The monoisotopic (exact) mass is 720 g/mol. The molecule has 2 aromatic heterocycles. The van der Waals surface area contributed by atoms with Crippen LogP contribution in [-0.4, -0.2) is 127 Å². The molecule has 0 spiro atoms. The molecule has 15 nitrogen and oxygen atoms in total. The van der Waals surface area contributed by atoms with Crippen LogP contribution in [0.25, 0.3) is 11.0 Å². The average Bonchev–Trinajstić information content (AvgIpc) is 3.70. The normalized spacial score (nSPS) is 16.3. The largest absolute Gasteiger partial charge is 0.496 e. The molecule has 0 radical (unpaired) electrons. The second kappa shape index (κ2) is 20.0. The first-order chi connectivity index (χ1) is 25.4. The molecule has 0 aliphatic carbocycles. The molecule has 4 heterocycles. The molecule has 1 fully saturated rings. The first kappa shape index (κ1) is 38.8. The lowest BCUT2D eigenvalue weighted by molar-refractivity contribution is -0.137. The van der Waals surface area contributed by atoms with Gasteiger partial charge in [-0.25, -0.2) is 4.98 Å². The van der Waals surface area contributed by atoms with Crippen LogP contribution in [0.4, 0.5) is 11.8 Å². The first-order valence-electron chi connectivity index (χ1n) is 18.1. The molecule has 1 saturated heterocycles. The van der Waals surface area contributed by atoms with E-state index in [1.54, 1.807) is 7.11 Å². The van der Waals surface area contributed by atoms with Gasteiger partial charge in [0.1, 0.15) is 11.3 Å². The lowest BCUT2D eigenvalue weighted by atomic mass is 10.0. The summed E-state index contributed by atoms with van der Waals surface area (Å²) in [5, 5.41) is 6.82. The molecule has 0 bridgehead atoms. The molecular formula is C37H52N8O7. The Morgan fingerprint density at radius 3 is 2.48 bits per heavy atom. The number of aromatic nitrogens is 3. The minimum absolute atomic E-state index is 0.136. The number of nitrogens with two attached hydrogens (primary N) is 1. The second-order valence-corrected chi connectivity index (χ2v) is 12.8. The van der Waals surface area contributed by atoms with E-state index in [0.29, 0.717) is 59.1 Å². The number of hydrogen-bond acceptors (Lipinski definition) is 13. The highest BCUT2D eigenvalue weighted by molar-refractivity contribution is 6.12. The molecule has 5 rings (SSSR count). The predicted molar refractivity (Wildman–Crippen MR) is 197 cm³/mol. The van der Waals surface area contributed by atoms with E-state index < -0.39 is 0 Å². The van der Waals surface area contributed by atoms with Crippen LogP contribution in [0.2, 0.25) is 0 Å². The van der Waals surface area contributed by atoms with Crippen molar-refractivity contribution in [2.45, 2.75) is 51.7 Å². The van der Waals surface area contributed by atoms with Crippen molar-refractivity contribution in [3.8, 4) is 5.75 Å². The SMILES string of the molecule is CCCCCNc1nc(N)nc2ccn(Cc3ccc(CN4CCNCC4C(=O)CCOCCOCCOCCN4C(=O)C=CC4=O)cc3OC)c12. The van der Waals surface area contributed by atoms with Crippen molar-refractivity contribution < 1.29 is 33.3 Å². The van der Waals surface area contributed by atoms with E-state index >= 15 is 0 Å².